The maximum Gasteiger partial charge on any atom is 0.176 e. The SMILES string of the molecule is Cc1cccc(C(=C2CN(Cc3ccccc3)C2)S(C)(=O)=O)c1. The maximum absolute atomic E-state index is 12.3. The number of benzene rings is 2. The molecule has 1 aliphatic rings. The molecular formula is C19H21NO2S. The molecule has 0 atom stereocenters. The van der Waals surface area contributed by atoms with Gasteiger partial charge in [-0.3, -0.25) is 4.90 Å². The van der Waals surface area contributed by atoms with Crippen LogP contribution in [0.2, 0.25) is 0 Å². The zero-order chi connectivity index (χ0) is 16.4. The van der Waals surface area contributed by atoms with Crippen molar-refractivity contribution in [3.63, 3.8) is 0 Å². The van der Waals surface area contributed by atoms with Gasteiger partial charge in [-0.25, -0.2) is 8.42 Å². The summed E-state index contributed by atoms with van der Waals surface area (Å²) in [7, 11) is -3.24. The molecule has 23 heavy (non-hydrogen) atoms. The Labute approximate surface area is 138 Å². The van der Waals surface area contributed by atoms with Crippen LogP contribution in [0.3, 0.4) is 0 Å². The quantitative estimate of drug-likeness (QED) is 0.865. The third-order valence-corrected chi connectivity index (χ3v) is 5.32. The van der Waals surface area contributed by atoms with Crippen LogP contribution in [0.4, 0.5) is 0 Å². The van der Waals surface area contributed by atoms with Gasteiger partial charge in [0.05, 0.1) is 4.91 Å². The van der Waals surface area contributed by atoms with Gasteiger partial charge in [-0.05, 0) is 23.6 Å². The summed E-state index contributed by atoms with van der Waals surface area (Å²) in [5.41, 5.74) is 4.14. The van der Waals surface area contributed by atoms with Crippen LogP contribution in [-0.4, -0.2) is 32.7 Å². The highest BCUT2D eigenvalue weighted by Gasteiger charge is 2.28. The summed E-state index contributed by atoms with van der Waals surface area (Å²) in [6, 6.07) is 18.0. The highest BCUT2D eigenvalue weighted by molar-refractivity contribution is 8.00. The average Bonchev–Trinajstić information content (AvgIpc) is 2.45. The second-order valence-corrected chi connectivity index (χ2v) is 8.16. The van der Waals surface area contributed by atoms with Crippen LogP contribution in [0, 0.1) is 6.92 Å². The lowest BCUT2D eigenvalue weighted by molar-refractivity contribution is 0.243. The number of nitrogens with zero attached hydrogens (tertiary/aromatic N) is 1. The van der Waals surface area contributed by atoms with Crippen molar-refractivity contribution in [1.82, 2.24) is 4.90 Å². The predicted molar refractivity (Wildman–Crippen MR) is 94.7 cm³/mol. The fraction of sp³-hybridized carbons (Fsp3) is 0.263. The summed E-state index contributed by atoms with van der Waals surface area (Å²) < 4.78 is 24.5. The average molecular weight is 327 g/mol. The van der Waals surface area contributed by atoms with Gasteiger partial charge in [-0.15, -0.1) is 0 Å². The van der Waals surface area contributed by atoms with Crippen molar-refractivity contribution in [3.8, 4) is 0 Å². The molecule has 0 radical (unpaired) electrons. The fourth-order valence-electron chi connectivity index (χ4n) is 3.06. The summed E-state index contributed by atoms with van der Waals surface area (Å²) in [4.78, 5) is 2.76. The summed E-state index contributed by atoms with van der Waals surface area (Å²) in [6.07, 6.45) is 1.30. The van der Waals surface area contributed by atoms with Crippen molar-refractivity contribution in [2.24, 2.45) is 0 Å². The maximum atomic E-state index is 12.3. The van der Waals surface area contributed by atoms with Gasteiger partial charge < -0.3 is 0 Å². The molecule has 3 rings (SSSR count). The summed E-state index contributed by atoms with van der Waals surface area (Å²) in [6.45, 7) is 4.27. The molecular weight excluding hydrogens is 306 g/mol. The first-order valence-electron chi connectivity index (χ1n) is 7.69. The molecule has 0 spiro atoms. The molecule has 1 saturated heterocycles. The minimum Gasteiger partial charge on any atom is -0.291 e. The minimum absolute atomic E-state index is 0.505. The monoisotopic (exact) mass is 327 g/mol. The first kappa shape index (κ1) is 16.0. The first-order valence-corrected chi connectivity index (χ1v) is 9.58. The van der Waals surface area contributed by atoms with Crippen molar-refractivity contribution >= 4 is 14.7 Å². The molecule has 0 N–H and O–H groups in total. The molecule has 0 bridgehead atoms. The summed E-state index contributed by atoms with van der Waals surface area (Å²) >= 11 is 0. The Balaban J connectivity index is 1.84. The van der Waals surface area contributed by atoms with Gasteiger partial charge in [0.25, 0.3) is 0 Å². The Hall–Kier alpha value is -1.91. The van der Waals surface area contributed by atoms with Crippen LogP contribution >= 0.6 is 0 Å². The van der Waals surface area contributed by atoms with Crippen molar-refractivity contribution < 1.29 is 8.42 Å². The molecule has 1 aliphatic heterocycles. The molecule has 1 fully saturated rings. The second kappa shape index (κ2) is 6.30. The molecule has 120 valence electrons. The van der Waals surface area contributed by atoms with Crippen molar-refractivity contribution in [2.75, 3.05) is 19.3 Å². The van der Waals surface area contributed by atoms with Gasteiger partial charge in [0.1, 0.15) is 0 Å². The largest absolute Gasteiger partial charge is 0.291 e. The number of likely N-dealkylation sites (tertiary alicyclic amines) is 1. The normalized spacial score (nSPS) is 15.3. The molecule has 0 unspecified atom stereocenters. The van der Waals surface area contributed by atoms with Gasteiger partial charge in [0.15, 0.2) is 9.84 Å². The van der Waals surface area contributed by atoms with Crippen LogP contribution in [0.5, 0.6) is 0 Å². The van der Waals surface area contributed by atoms with Crippen LogP contribution in [0.1, 0.15) is 16.7 Å². The number of aryl methyl sites for hydroxylation is 1. The highest BCUT2D eigenvalue weighted by Crippen LogP contribution is 2.31. The van der Waals surface area contributed by atoms with E-state index in [2.05, 4.69) is 17.0 Å². The standard InChI is InChI=1S/C19H21NO2S/c1-15-7-6-10-17(11-15)19(23(2,21)22)18-13-20(14-18)12-16-8-4-3-5-9-16/h3-11H,12-14H2,1-2H3. The van der Waals surface area contributed by atoms with Crippen molar-refractivity contribution in [2.45, 2.75) is 13.5 Å². The van der Waals surface area contributed by atoms with Gasteiger partial charge in [0, 0.05) is 25.9 Å². The van der Waals surface area contributed by atoms with E-state index in [4.69, 9.17) is 0 Å². The smallest absolute Gasteiger partial charge is 0.176 e. The zero-order valence-electron chi connectivity index (χ0n) is 13.5. The molecule has 3 nitrogen and oxygen atoms in total. The third kappa shape index (κ3) is 3.71. The van der Waals surface area contributed by atoms with E-state index in [-0.39, 0.29) is 0 Å². The zero-order valence-corrected chi connectivity index (χ0v) is 14.3. The van der Waals surface area contributed by atoms with E-state index in [0.29, 0.717) is 18.0 Å². The summed E-state index contributed by atoms with van der Waals surface area (Å²) in [5.74, 6) is 0. The van der Waals surface area contributed by atoms with Crippen LogP contribution in [-0.2, 0) is 16.4 Å². The topological polar surface area (TPSA) is 37.4 Å². The Morgan fingerprint density at radius 3 is 2.35 bits per heavy atom. The number of sulfone groups is 1. The Morgan fingerprint density at radius 2 is 1.74 bits per heavy atom. The Bertz CT molecular complexity index is 831. The van der Waals surface area contributed by atoms with Gasteiger partial charge in [-0.2, -0.15) is 0 Å². The van der Waals surface area contributed by atoms with Crippen molar-refractivity contribution in [3.05, 3.63) is 76.9 Å². The third-order valence-electron chi connectivity index (χ3n) is 4.05. The van der Waals surface area contributed by atoms with E-state index < -0.39 is 9.84 Å². The first-order chi connectivity index (χ1) is 10.9. The number of rotatable bonds is 4. The van der Waals surface area contributed by atoms with Crippen LogP contribution < -0.4 is 0 Å². The molecule has 0 aliphatic carbocycles. The van der Waals surface area contributed by atoms with Gasteiger partial charge in [-0.1, -0.05) is 60.2 Å². The fourth-order valence-corrected chi connectivity index (χ4v) is 4.27. The predicted octanol–water partition coefficient (Wildman–Crippen LogP) is 3.27. The lowest BCUT2D eigenvalue weighted by Crippen LogP contribution is -2.40. The van der Waals surface area contributed by atoms with Gasteiger partial charge in [0.2, 0.25) is 0 Å². The minimum atomic E-state index is -3.24. The molecule has 0 aromatic heterocycles. The van der Waals surface area contributed by atoms with E-state index in [1.54, 1.807) is 0 Å². The molecule has 1 heterocycles. The van der Waals surface area contributed by atoms with Crippen LogP contribution in [0.25, 0.3) is 4.91 Å². The molecule has 4 heteroatoms. The van der Waals surface area contributed by atoms with E-state index in [1.807, 2.05) is 49.4 Å². The molecule has 2 aromatic carbocycles. The Kier molecular flexibility index (Phi) is 4.37. The number of hydrogen-bond donors (Lipinski definition) is 0. The van der Waals surface area contributed by atoms with E-state index in [1.165, 1.54) is 11.8 Å². The highest BCUT2D eigenvalue weighted by atomic mass is 32.2. The summed E-state index contributed by atoms with van der Waals surface area (Å²) in [5, 5.41) is 0. The molecule has 0 amide bonds. The lowest BCUT2D eigenvalue weighted by Gasteiger charge is -2.35. The van der Waals surface area contributed by atoms with E-state index in [0.717, 1.165) is 23.2 Å². The van der Waals surface area contributed by atoms with Gasteiger partial charge >= 0.3 is 0 Å². The lowest BCUT2D eigenvalue weighted by atomic mass is 10.0. The van der Waals surface area contributed by atoms with Crippen molar-refractivity contribution in [1.29, 1.82) is 0 Å². The second-order valence-electron chi connectivity index (χ2n) is 6.21. The van der Waals surface area contributed by atoms with E-state index >= 15 is 0 Å². The van der Waals surface area contributed by atoms with E-state index in [9.17, 15) is 8.42 Å². The molecule has 2 aromatic rings. The molecule has 0 saturated carbocycles. The Morgan fingerprint density at radius 1 is 1.04 bits per heavy atom. The van der Waals surface area contributed by atoms with Crippen LogP contribution in [0.15, 0.2) is 60.2 Å². The number of hydrogen-bond acceptors (Lipinski definition) is 3.